The van der Waals surface area contributed by atoms with Gasteiger partial charge in [-0.25, -0.2) is 19.7 Å². The quantitative estimate of drug-likeness (QED) is 0.490. The first-order valence-corrected chi connectivity index (χ1v) is 12.0. The maximum Gasteiger partial charge on any atom is 0.341 e. The highest BCUT2D eigenvalue weighted by Crippen LogP contribution is 2.46. The summed E-state index contributed by atoms with van der Waals surface area (Å²) in [5.41, 5.74) is 7.78. The lowest BCUT2D eigenvalue weighted by Crippen LogP contribution is -2.35. The number of hydrogen-bond acceptors (Lipinski definition) is 8. The number of rotatable bonds is 7. The van der Waals surface area contributed by atoms with Gasteiger partial charge in [0, 0.05) is 17.9 Å². The number of carbonyl (C=O) groups excluding carboxylic acids is 1. The van der Waals surface area contributed by atoms with E-state index >= 15 is 0 Å². The average molecular weight is 460 g/mol. The van der Waals surface area contributed by atoms with Crippen LogP contribution in [0.5, 0.6) is 5.88 Å². The topological polar surface area (TPSA) is 112 Å². The van der Waals surface area contributed by atoms with Gasteiger partial charge in [0.2, 0.25) is 5.88 Å². The van der Waals surface area contributed by atoms with Gasteiger partial charge in [0.05, 0.1) is 10.9 Å². The van der Waals surface area contributed by atoms with Crippen molar-refractivity contribution in [2.24, 2.45) is 11.7 Å². The molecule has 0 bridgehead atoms. The van der Waals surface area contributed by atoms with Gasteiger partial charge in [0.1, 0.15) is 23.4 Å². The van der Waals surface area contributed by atoms with Gasteiger partial charge in [0.25, 0.3) is 0 Å². The van der Waals surface area contributed by atoms with Crippen LogP contribution < -0.4 is 15.8 Å². The summed E-state index contributed by atoms with van der Waals surface area (Å²) in [5, 5.41) is 5.16. The second-order valence-electron chi connectivity index (χ2n) is 10.2. The summed E-state index contributed by atoms with van der Waals surface area (Å²) in [7, 11) is 0. The number of carbonyl (C=O) groups is 1. The molecule has 2 saturated carbocycles. The summed E-state index contributed by atoms with van der Waals surface area (Å²) < 4.78 is 11.6. The fraction of sp³-hybridized carbons (Fsp3) is 0.462. The minimum Gasteiger partial charge on any atom is -0.474 e. The SMILES string of the molecule is CC[C@]1(C)OC(=O)c2ccc(Nc3cc4c([C@](C)(N)C5CC5)cnc(OC5CC5)c4cn3)nc21. The number of fused-ring (bicyclic) bond motifs is 2. The first-order valence-electron chi connectivity index (χ1n) is 12.0. The molecule has 176 valence electrons. The number of cyclic esters (lactones) is 1. The van der Waals surface area contributed by atoms with Crippen molar-refractivity contribution in [3.05, 3.63) is 47.4 Å². The zero-order valence-corrected chi connectivity index (χ0v) is 19.7. The van der Waals surface area contributed by atoms with E-state index in [4.69, 9.17) is 20.2 Å². The Labute approximate surface area is 198 Å². The minimum absolute atomic E-state index is 0.237. The standard InChI is InChI=1S/C26H29N5O3/c1-4-25(2)22-16(24(32)34-25)9-10-20(31-22)30-21-11-17-18(12-28-21)23(33-15-7-8-15)29-13-19(17)26(3,27)14-5-6-14/h9-15H,4-8,27H2,1-3H3,(H,28,30,31)/t25-,26+/m0/s1. The Kier molecular flexibility index (Phi) is 4.61. The second-order valence-corrected chi connectivity index (χ2v) is 10.2. The van der Waals surface area contributed by atoms with Gasteiger partial charge in [-0.3, -0.25) is 0 Å². The average Bonchev–Trinajstić information content (AvgIpc) is 3.73. The van der Waals surface area contributed by atoms with Crippen LogP contribution in [0.4, 0.5) is 11.6 Å². The van der Waals surface area contributed by atoms with E-state index in [9.17, 15) is 4.79 Å². The van der Waals surface area contributed by atoms with Crippen LogP contribution in [0.1, 0.15) is 74.5 Å². The van der Waals surface area contributed by atoms with Gasteiger partial charge < -0.3 is 20.5 Å². The monoisotopic (exact) mass is 459 g/mol. The molecule has 0 spiro atoms. The maximum absolute atomic E-state index is 12.2. The Morgan fingerprint density at radius 2 is 1.97 bits per heavy atom. The smallest absolute Gasteiger partial charge is 0.341 e. The summed E-state index contributed by atoms with van der Waals surface area (Å²) in [4.78, 5) is 26.2. The highest BCUT2D eigenvalue weighted by molar-refractivity contribution is 5.94. The number of nitrogens with zero attached hydrogens (tertiary/aromatic N) is 3. The van der Waals surface area contributed by atoms with Crippen LogP contribution in [-0.4, -0.2) is 27.0 Å². The molecule has 2 fully saturated rings. The first kappa shape index (κ1) is 21.3. The molecule has 34 heavy (non-hydrogen) atoms. The number of pyridine rings is 3. The Balaban J connectivity index is 1.40. The summed E-state index contributed by atoms with van der Waals surface area (Å²) in [5.74, 6) is 1.97. The fourth-order valence-corrected chi connectivity index (χ4v) is 4.72. The number of anilines is 2. The Morgan fingerprint density at radius 1 is 1.18 bits per heavy atom. The van der Waals surface area contributed by atoms with Crippen molar-refractivity contribution >= 4 is 28.4 Å². The largest absolute Gasteiger partial charge is 0.474 e. The zero-order valence-electron chi connectivity index (χ0n) is 19.7. The van der Waals surface area contributed by atoms with E-state index in [0.29, 0.717) is 41.1 Å². The predicted molar refractivity (Wildman–Crippen MR) is 128 cm³/mol. The lowest BCUT2D eigenvalue weighted by molar-refractivity contribution is -0.00220. The molecular weight excluding hydrogens is 430 g/mol. The molecule has 4 heterocycles. The Morgan fingerprint density at radius 3 is 2.68 bits per heavy atom. The van der Waals surface area contributed by atoms with Crippen molar-refractivity contribution in [2.75, 3.05) is 5.32 Å². The first-order chi connectivity index (χ1) is 16.3. The van der Waals surface area contributed by atoms with E-state index in [1.807, 2.05) is 26.1 Å². The van der Waals surface area contributed by atoms with E-state index in [0.717, 1.165) is 42.0 Å². The van der Waals surface area contributed by atoms with E-state index < -0.39 is 11.1 Å². The molecule has 0 unspecified atom stereocenters. The number of nitrogens with two attached hydrogens (primary N) is 1. The highest BCUT2D eigenvalue weighted by Gasteiger charge is 2.43. The van der Waals surface area contributed by atoms with Crippen molar-refractivity contribution in [2.45, 2.75) is 70.1 Å². The molecule has 0 saturated heterocycles. The Bertz CT molecular complexity index is 1320. The second kappa shape index (κ2) is 7.37. The van der Waals surface area contributed by atoms with Crippen molar-refractivity contribution in [3.63, 3.8) is 0 Å². The van der Waals surface area contributed by atoms with Crippen LogP contribution >= 0.6 is 0 Å². The lowest BCUT2D eigenvalue weighted by Gasteiger charge is -2.27. The Hall–Kier alpha value is -3.26. The molecular formula is C26H29N5O3. The van der Waals surface area contributed by atoms with Gasteiger partial charge in [-0.2, -0.15) is 0 Å². The molecule has 6 rings (SSSR count). The number of ether oxygens (including phenoxy) is 2. The molecule has 3 N–H and O–H groups in total. The summed E-state index contributed by atoms with van der Waals surface area (Å²) in [6, 6.07) is 5.53. The number of esters is 1. The van der Waals surface area contributed by atoms with E-state index in [-0.39, 0.29) is 12.1 Å². The molecule has 3 aliphatic rings. The van der Waals surface area contributed by atoms with Crippen LogP contribution in [0.25, 0.3) is 10.8 Å². The van der Waals surface area contributed by atoms with Crippen LogP contribution in [-0.2, 0) is 15.9 Å². The summed E-state index contributed by atoms with van der Waals surface area (Å²) >= 11 is 0. The van der Waals surface area contributed by atoms with Crippen molar-refractivity contribution < 1.29 is 14.3 Å². The van der Waals surface area contributed by atoms with Crippen LogP contribution in [0.3, 0.4) is 0 Å². The normalized spacial score (nSPS) is 23.4. The third kappa shape index (κ3) is 3.48. The van der Waals surface area contributed by atoms with Crippen LogP contribution in [0, 0.1) is 5.92 Å². The minimum atomic E-state index is -0.722. The van der Waals surface area contributed by atoms with Crippen molar-refractivity contribution in [1.82, 2.24) is 15.0 Å². The summed E-state index contributed by atoms with van der Waals surface area (Å²) in [6.07, 6.45) is 8.91. The van der Waals surface area contributed by atoms with Crippen LogP contribution in [0.15, 0.2) is 30.6 Å². The molecule has 0 aromatic carbocycles. The van der Waals surface area contributed by atoms with Gasteiger partial charge in [-0.1, -0.05) is 6.92 Å². The molecule has 1 aliphatic heterocycles. The number of nitrogens with one attached hydrogen (secondary N) is 1. The number of aromatic nitrogens is 3. The van der Waals surface area contributed by atoms with Gasteiger partial charge in [-0.15, -0.1) is 0 Å². The predicted octanol–water partition coefficient (Wildman–Crippen LogP) is 4.69. The van der Waals surface area contributed by atoms with Gasteiger partial charge >= 0.3 is 5.97 Å². The lowest BCUT2D eigenvalue weighted by atomic mass is 9.86. The maximum atomic E-state index is 12.2. The van der Waals surface area contributed by atoms with Gasteiger partial charge in [0.15, 0.2) is 5.60 Å². The van der Waals surface area contributed by atoms with Crippen molar-refractivity contribution in [1.29, 1.82) is 0 Å². The zero-order chi connectivity index (χ0) is 23.7. The molecule has 3 aromatic heterocycles. The molecule has 0 amide bonds. The summed E-state index contributed by atoms with van der Waals surface area (Å²) in [6.45, 7) is 5.96. The molecule has 8 heteroatoms. The van der Waals surface area contributed by atoms with Crippen molar-refractivity contribution in [3.8, 4) is 5.88 Å². The third-order valence-corrected chi connectivity index (χ3v) is 7.41. The van der Waals surface area contributed by atoms with E-state index in [1.54, 1.807) is 18.3 Å². The van der Waals surface area contributed by atoms with Crippen LogP contribution in [0.2, 0.25) is 0 Å². The molecule has 2 aliphatic carbocycles. The molecule has 2 atom stereocenters. The van der Waals surface area contributed by atoms with E-state index in [2.05, 4.69) is 22.2 Å². The fourth-order valence-electron chi connectivity index (χ4n) is 4.72. The molecule has 3 aromatic rings. The molecule has 0 radical (unpaired) electrons. The highest BCUT2D eigenvalue weighted by atomic mass is 16.6. The van der Waals surface area contributed by atoms with Gasteiger partial charge in [-0.05, 0) is 81.0 Å². The van der Waals surface area contributed by atoms with E-state index in [1.165, 1.54) is 0 Å². The third-order valence-electron chi connectivity index (χ3n) is 7.41. The molecule has 8 nitrogen and oxygen atoms in total. The number of hydrogen-bond donors (Lipinski definition) is 2.